The minimum Gasteiger partial charge on any atom is -0.472 e. The van der Waals surface area contributed by atoms with E-state index >= 15 is 0 Å². The van der Waals surface area contributed by atoms with Gasteiger partial charge in [0.2, 0.25) is 0 Å². The van der Waals surface area contributed by atoms with Crippen molar-refractivity contribution in [1.82, 2.24) is 0 Å². The summed E-state index contributed by atoms with van der Waals surface area (Å²) in [6.45, 7) is 2.22. The number of carbonyl (C=O) groups is 2. The molecule has 2 saturated heterocycles. The van der Waals surface area contributed by atoms with Gasteiger partial charge in [-0.3, -0.25) is 9.59 Å². The van der Waals surface area contributed by atoms with E-state index in [0.29, 0.717) is 12.8 Å². The summed E-state index contributed by atoms with van der Waals surface area (Å²) in [5.41, 5.74) is -0.570. The normalized spacial score (nSPS) is 47.7. The highest BCUT2D eigenvalue weighted by Crippen LogP contribution is 2.67. The minimum absolute atomic E-state index is 0.0773. The third-order valence-corrected chi connectivity index (χ3v) is 7.71. The van der Waals surface area contributed by atoms with Gasteiger partial charge in [0.15, 0.2) is 6.29 Å². The molecule has 1 aromatic heterocycles. The van der Waals surface area contributed by atoms with Crippen molar-refractivity contribution in [3.8, 4) is 0 Å². The number of carbonyl (C=O) groups excluding carboxylic acids is 2. The Labute approximate surface area is 151 Å². The van der Waals surface area contributed by atoms with Crippen LogP contribution in [0.15, 0.2) is 23.0 Å². The lowest BCUT2D eigenvalue weighted by Crippen LogP contribution is -2.61. The van der Waals surface area contributed by atoms with Crippen molar-refractivity contribution in [2.45, 2.75) is 51.4 Å². The van der Waals surface area contributed by atoms with Crippen LogP contribution in [0.2, 0.25) is 0 Å². The molecule has 0 aromatic carbocycles. The maximum Gasteiger partial charge on any atom is 0.313 e. The molecule has 2 spiro atoms. The van der Waals surface area contributed by atoms with E-state index in [4.69, 9.17) is 13.9 Å². The van der Waals surface area contributed by atoms with Crippen molar-refractivity contribution in [2.24, 2.45) is 28.6 Å². The number of ketones is 1. The number of aliphatic hydroxyl groups excluding tert-OH is 1. The van der Waals surface area contributed by atoms with E-state index in [-0.39, 0.29) is 42.2 Å². The Bertz CT molecular complexity index is 741. The second-order valence-corrected chi connectivity index (χ2v) is 8.56. The first-order chi connectivity index (χ1) is 12.5. The van der Waals surface area contributed by atoms with Crippen molar-refractivity contribution in [2.75, 3.05) is 6.61 Å². The Balaban J connectivity index is 1.60. The Kier molecular flexibility index (Phi) is 3.44. The van der Waals surface area contributed by atoms with Crippen LogP contribution in [0.3, 0.4) is 0 Å². The lowest BCUT2D eigenvalue weighted by molar-refractivity contribution is -0.175. The fourth-order valence-electron chi connectivity index (χ4n) is 6.45. The van der Waals surface area contributed by atoms with E-state index in [0.717, 1.165) is 24.8 Å². The lowest BCUT2D eigenvalue weighted by atomic mass is 9.44. The summed E-state index contributed by atoms with van der Waals surface area (Å²) in [6.07, 6.45) is 5.34. The third kappa shape index (κ3) is 1.84. The molecule has 7 atom stereocenters. The maximum atomic E-state index is 13.2. The highest BCUT2D eigenvalue weighted by Gasteiger charge is 2.72. The number of hydrogen-bond donors (Lipinski definition) is 1. The largest absolute Gasteiger partial charge is 0.472 e. The fourth-order valence-corrected chi connectivity index (χ4v) is 6.45. The summed E-state index contributed by atoms with van der Waals surface area (Å²) in [5, 5.41) is 10.3. The molecule has 1 N–H and O–H groups in total. The molecule has 26 heavy (non-hydrogen) atoms. The van der Waals surface area contributed by atoms with Gasteiger partial charge >= 0.3 is 5.97 Å². The zero-order valence-electron chi connectivity index (χ0n) is 14.8. The number of esters is 1. The van der Waals surface area contributed by atoms with Crippen LogP contribution >= 0.6 is 0 Å². The number of cyclic esters (lactones) is 1. The van der Waals surface area contributed by atoms with Gasteiger partial charge in [-0.1, -0.05) is 13.3 Å². The van der Waals surface area contributed by atoms with Crippen LogP contribution in [0.1, 0.15) is 50.7 Å². The van der Waals surface area contributed by atoms with Gasteiger partial charge in [-0.2, -0.15) is 0 Å². The van der Waals surface area contributed by atoms with Gasteiger partial charge in [0.05, 0.1) is 30.0 Å². The van der Waals surface area contributed by atoms with Crippen LogP contribution < -0.4 is 0 Å². The number of furan rings is 1. The molecular weight excluding hydrogens is 336 g/mol. The molecular formula is C20H24O6. The smallest absolute Gasteiger partial charge is 0.313 e. The minimum atomic E-state index is -0.908. The second kappa shape index (κ2) is 5.42. The molecule has 1 aromatic rings. The van der Waals surface area contributed by atoms with Crippen molar-refractivity contribution in [1.29, 1.82) is 0 Å². The summed E-state index contributed by atoms with van der Waals surface area (Å²) in [7, 11) is 0. The molecule has 4 fully saturated rings. The molecule has 140 valence electrons. The van der Waals surface area contributed by atoms with Crippen molar-refractivity contribution >= 4 is 11.8 Å². The SMILES string of the molecule is C[C@@H]1CC(=O)[C@@]23CO[C@@H](O)[C@@H]2CCC[C@@H]3[C@@]12C[C@@H](c1ccoc1)OC2=O. The summed E-state index contributed by atoms with van der Waals surface area (Å²) in [5.74, 6) is -0.464. The zero-order valence-corrected chi connectivity index (χ0v) is 14.8. The number of Topliss-reactive ketones (excluding diaryl/α,β-unsaturated/α-hetero) is 1. The standard InChI is InChI=1S/C20H24O6/c1-11-7-16(21)20-10-25-17(22)13(20)3-2-4-15(20)19(11)8-14(26-18(19)23)12-5-6-24-9-12/h5-6,9,11,13-15,17,22H,2-4,7-8,10H2,1H3/t11-,13+,14+,15-,17-,19-,20+/m1/s1. The van der Waals surface area contributed by atoms with Crippen molar-refractivity contribution in [3.05, 3.63) is 24.2 Å². The predicted octanol–water partition coefficient (Wildman–Crippen LogP) is 2.61. The Hall–Kier alpha value is -1.66. The highest BCUT2D eigenvalue weighted by atomic mass is 16.6. The Morgan fingerprint density at radius 2 is 2.08 bits per heavy atom. The summed E-state index contributed by atoms with van der Waals surface area (Å²) in [6, 6.07) is 1.83. The predicted molar refractivity (Wildman–Crippen MR) is 88.6 cm³/mol. The fraction of sp³-hybridized carbons (Fsp3) is 0.700. The summed E-state index contributed by atoms with van der Waals surface area (Å²) >= 11 is 0. The molecule has 2 aliphatic heterocycles. The van der Waals surface area contributed by atoms with E-state index < -0.39 is 17.1 Å². The van der Waals surface area contributed by atoms with E-state index in [2.05, 4.69) is 0 Å². The monoisotopic (exact) mass is 360 g/mol. The average Bonchev–Trinajstić information content (AvgIpc) is 3.33. The summed E-state index contributed by atoms with van der Waals surface area (Å²) < 4.78 is 16.6. The Morgan fingerprint density at radius 3 is 2.85 bits per heavy atom. The summed E-state index contributed by atoms with van der Waals surface area (Å²) in [4.78, 5) is 26.4. The number of aliphatic hydroxyl groups is 1. The van der Waals surface area contributed by atoms with E-state index in [1.807, 2.05) is 13.0 Å². The second-order valence-electron chi connectivity index (χ2n) is 8.56. The molecule has 2 aliphatic carbocycles. The van der Waals surface area contributed by atoms with E-state index in [9.17, 15) is 14.7 Å². The first kappa shape index (κ1) is 16.5. The molecule has 6 heteroatoms. The number of hydrogen-bond acceptors (Lipinski definition) is 6. The molecule has 3 heterocycles. The molecule has 6 nitrogen and oxygen atoms in total. The molecule has 0 bridgehead atoms. The molecule has 2 saturated carbocycles. The molecule has 0 radical (unpaired) electrons. The van der Waals surface area contributed by atoms with Crippen LogP contribution in [-0.4, -0.2) is 29.8 Å². The van der Waals surface area contributed by atoms with Gasteiger partial charge in [-0.15, -0.1) is 0 Å². The van der Waals surface area contributed by atoms with Crippen molar-refractivity contribution in [3.63, 3.8) is 0 Å². The van der Waals surface area contributed by atoms with Gasteiger partial charge in [0, 0.05) is 24.3 Å². The lowest BCUT2D eigenvalue weighted by Gasteiger charge is -2.55. The zero-order chi connectivity index (χ0) is 18.1. The highest BCUT2D eigenvalue weighted by molar-refractivity contribution is 5.92. The third-order valence-electron chi connectivity index (χ3n) is 7.71. The van der Waals surface area contributed by atoms with E-state index in [1.165, 1.54) is 0 Å². The maximum absolute atomic E-state index is 13.2. The Morgan fingerprint density at radius 1 is 1.23 bits per heavy atom. The average molecular weight is 360 g/mol. The molecule has 0 unspecified atom stereocenters. The topological polar surface area (TPSA) is 86.0 Å². The van der Waals surface area contributed by atoms with Gasteiger partial charge in [-0.25, -0.2) is 0 Å². The van der Waals surface area contributed by atoms with Crippen LogP contribution in [0.4, 0.5) is 0 Å². The number of fused-ring (bicyclic) bond motifs is 1. The first-order valence-corrected chi connectivity index (χ1v) is 9.56. The van der Waals surface area contributed by atoms with Gasteiger partial charge in [0.1, 0.15) is 11.9 Å². The van der Waals surface area contributed by atoms with E-state index in [1.54, 1.807) is 12.5 Å². The molecule has 4 aliphatic rings. The molecule has 5 rings (SSSR count). The van der Waals surface area contributed by atoms with Crippen LogP contribution in [-0.2, 0) is 19.1 Å². The van der Waals surface area contributed by atoms with Gasteiger partial charge in [0.25, 0.3) is 0 Å². The first-order valence-electron chi connectivity index (χ1n) is 9.56. The van der Waals surface area contributed by atoms with Gasteiger partial charge < -0.3 is 19.0 Å². The van der Waals surface area contributed by atoms with Crippen LogP contribution in [0.5, 0.6) is 0 Å². The van der Waals surface area contributed by atoms with Gasteiger partial charge in [-0.05, 0) is 30.7 Å². The number of ether oxygens (including phenoxy) is 2. The van der Waals surface area contributed by atoms with Crippen LogP contribution in [0, 0.1) is 28.6 Å². The number of rotatable bonds is 1. The van der Waals surface area contributed by atoms with Crippen LogP contribution in [0.25, 0.3) is 0 Å². The molecule has 0 amide bonds. The van der Waals surface area contributed by atoms with Crippen molar-refractivity contribution < 1.29 is 28.6 Å². The quantitative estimate of drug-likeness (QED) is 0.775.